The molecule has 3 heterocycles. The number of hydrogen-bond donors (Lipinski definition) is 1. The van der Waals surface area contributed by atoms with Crippen molar-refractivity contribution in [3.05, 3.63) is 28.5 Å². The third-order valence-electron chi connectivity index (χ3n) is 4.25. The summed E-state index contributed by atoms with van der Waals surface area (Å²) < 4.78 is 8.80. The molecule has 0 aliphatic carbocycles. The molecule has 19 heavy (non-hydrogen) atoms. The summed E-state index contributed by atoms with van der Waals surface area (Å²) in [6, 6.07) is 8.15. The number of aromatic amines is 1. The highest BCUT2D eigenvalue weighted by Crippen LogP contribution is 2.42. The number of hydrogen-bond acceptors (Lipinski definition) is 3. The number of fused-ring (bicyclic) bond motifs is 3. The van der Waals surface area contributed by atoms with E-state index in [0.717, 1.165) is 28.6 Å². The minimum absolute atomic E-state index is 0.279. The summed E-state index contributed by atoms with van der Waals surface area (Å²) in [5, 5.41) is 9.05. The van der Waals surface area contributed by atoms with Crippen LogP contribution in [0.5, 0.6) is 0 Å². The number of rotatable bonds is 1. The van der Waals surface area contributed by atoms with Crippen molar-refractivity contribution < 1.29 is 4.74 Å². The first-order valence-electron chi connectivity index (χ1n) is 6.56. The average Bonchev–Trinajstić information content (AvgIpc) is 3.09. The van der Waals surface area contributed by atoms with Gasteiger partial charge in [-0.25, -0.2) is 0 Å². The largest absolute Gasteiger partial charge is 0.373 e. The molecule has 3 unspecified atom stereocenters. The number of H-pyrrole nitrogens is 1. The monoisotopic (exact) mass is 271 g/mol. The average molecular weight is 271 g/mol. The molecule has 4 rings (SSSR count). The van der Waals surface area contributed by atoms with Gasteiger partial charge in [0.1, 0.15) is 0 Å². The molecule has 1 aromatic heterocycles. The van der Waals surface area contributed by atoms with Gasteiger partial charge in [0.25, 0.3) is 0 Å². The van der Waals surface area contributed by atoms with E-state index in [2.05, 4.69) is 15.6 Å². The predicted molar refractivity (Wildman–Crippen MR) is 73.4 cm³/mol. The van der Waals surface area contributed by atoms with Crippen molar-refractivity contribution in [2.75, 3.05) is 0 Å². The molecular weight excluding hydrogens is 258 g/mol. The van der Waals surface area contributed by atoms with E-state index in [4.69, 9.17) is 22.2 Å². The van der Waals surface area contributed by atoms with Crippen LogP contribution in [0, 0.1) is 16.1 Å². The molecule has 0 saturated carbocycles. The molecular formula is C14H13N3OS. The molecule has 1 aromatic carbocycles. The number of imidazole rings is 1. The van der Waals surface area contributed by atoms with Crippen LogP contribution in [-0.2, 0) is 4.74 Å². The van der Waals surface area contributed by atoms with E-state index in [1.807, 2.05) is 18.2 Å². The fraction of sp³-hybridized carbons (Fsp3) is 0.429. The van der Waals surface area contributed by atoms with Gasteiger partial charge in [0.15, 0.2) is 4.77 Å². The van der Waals surface area contributed by atoms with Crippen LogP contribution in [0.1, 0.15) is 30.9 Å². The quantitative estimate of drug-likeness (QED) is 0.811. The Bertz CT molecular complexity index is 754. The Hall–Kier alpha value is -1.64. The van der Waals surface area contributed by atoms with Gasteiger partial charge in [-0.3, -0.25) is 0 Å². The first kappa shape index (κ1) is 11.2. The molecule has 3 atom stereocenters. The molecule has 0 radical (unpaired) electrons. The fourth-order valence-electron chi connectivity index (χ4n) is 3.40. The van der Waals surface area contributed by atoms with Crippen LogP contribution in [0.4, 0.5) is 0 Å². The van der Waals surface area contributed by atoms with Gasteiger partial charge in [-0.05, 0) is 49.7 Å². The molecule has 2 aliphatic rings. The zero-order valence-electron chi connectivity index (χ0n) is 10.3. The Morgan fingerprint density at radius 3 is 3.00 bits per heavy atom. The normalized spacial score (nSPS) is 28.9. The lowest BCUT2D eigenvalue weighted by molar-refractivity contribution is 0.0941. The highest BCUT2D eigenvalue weighted by atomic mass is 32.1. The summed E-state index contributed by atoms with van der Waals surface area (Å²) in [5.74, 6) is 0. The standard InChI is InChI=1S/C14H13N3OS/c15-7-8-1-3-10-11(5-8)17(14(19)16-10)12-6-9-2-4-13(12)18-9/h1,3,5,9,12-13H,2,4,6H2,(H,16,19). The van der Waals surface area contributed by atoms with Crippen molar-refractivity contribution in [2.45, 2.75) is 37.5 Å². The first-order chi connectivity index (χ1) is 9.26. The zero-order chi connectivity index (χ0) is 13.0. The lowest BCUT2D eigenvalue weighted by atomic mass is 9.95. The Morgan fingerprint density at radius 2 is 2.32 bits per heavy atom. The van der Waals surface area contributed by atoms with Crippen LogP contribution in [0.2, 0.25) is 0 Å². The van der Waals surface area contributed by atoms with Gasteiger partial charge in [0.05, 0.1) is 40.9 Å². The molecule has 2 saturated heterocycles. The molecule has 0 spiro atoms. The maximum absolute atomic E-state index is 9.05. The summed E-state index contributed by atoms with van der Waals surface area (Å²) in [4.78, 5) is 3.23. The molecule has 4 nitrogen and oxygen atoms in total. The molecule has 0 amide bonds. The molecule has 1 N–H and O–H groups in total. The van der Waals surface area contributed by atoms with Crippen molar-refractivity contribution in [3.63, 3.8) is 0 Å². The van der Waals surface area contributed by atoms with Gasteiger partial charge in [0.2, 0.25) is 0 Å². The maximum atomic E-state index is 9.05. The topological polar surface area (TPSA) is 53.7 Å². The molecule has 5 heteroatoms. The van der Waals surface area contributed by atoms with Crippen LogP contribution in [0.15, 0.2) is 18.2 Å². The second-order valence-corrected chi connectivity index (χ2v) is 5.71. The summed E-state index contributed by atoms with van der Waals surface area (Å²) in [6.45, 7) is 0. The maximum Gasteiger partial charge on any atom is 0.178 e. The number of benzene rings is 1. The van der Waals surface area contributed by atoms with E-state index in [1.54, 1.807) is 0 Å². The smallest absolute Gasteiger partial charge is 0.178 e. The third-order valence-corrected chi connectivity index (χ3v) is 4.55. The van der Waals surface area contributed by atoms with Gasteiger partial charge < -0.3 is 14.3 Å². The number of aromatic nitrogens is 2. The molecule has 96 valence electrons. The van der Waals surface area contributed by atoms with Crippen molar-refractivity contribution in [3.8, 4) is 6.07 Å². The second kappa shape index (κ2) is 3.92. The van der Waals surface area contributed by atoms with Crippen LogP contribution >= 0.6 is 12.2 Å². The third kappa shape index (κ3) is 1.57. The van der Waals surface area contributed by atoms with E-state index in [9.17, 15) is 0 Å². The molecule has 2 aromatic rings. The van der Waals surface area contributed by atoms with Crippen LogP contribution < -0.4 is 0 Å². The first-order valence-corrected chi connectivity index (χ1v) is 6.97. The lowest BCUT2D eigenvalue weighted by Crippen LogP contribution is -2.20. The minimum Gasteiger partial charge on any atom is -0.373 e. The summed E-state index contributed by atoms with van der Waals surface area (Å²) >= 11 is 5.45. The van der Waals surface area contributed by atoms with Gasteiger partial charge in [-0.15, -0.1) is 0 Å². The van der Waals surface area contributed by atoms with Crippen molar-refractivity contribution in [2.24, 2.45) is 0 Å². The van der Waals surface area contributed by atoms with Gasteiger partial charge in [0, 0.05) is 0 Å². The van der Waals surface area contributed by atoms with Crippen molar-refractivity contribution in [1.29, 1.82) is 5.26 Å². The fourth-order valence-corrected chi connectivity index (χ4v) is 3.75. The number of nitrogens with zero attached hydrogens (tertiary/aromatic N) is 2. The Morgan fingerprint density at radius 1 is 1.42 bits per heavy atom. The Kier molecular flexibility index (Phi) is 2.32. The van der Waals surface area contributed by atoms with E-state index < -0.39 is 0 Å². The molecule has 2 aliphatic heterocycles. The van der Waals surface area contributed by atoms with Crippen molar-refractivity contribution in [1.82, 2.24) is 9.55 Å². The van der Waals surface area contributed by atoms with Crippen LogP contribution in [0.25, 0.3) is 11.0 Å². The highest BCUT2D eigenvalue weighted by molar-refractivity contribution is 7.71. The van der Waals surface area contributed by atoms with E-state index >= 15 is 0 Å². The molecule has 2 fully saturated rings. The SMILES string of the molecule is N#Cc1ccc2[nH]c(=S)n(C3CC4CCC3O4)c2c1. The highest BCUT2D eigenvalue weighted by Gasteiger charge is 2.42. The number of ether oxygens (including phenoxy) is 1. The van der Waals surface area contributed by atoms with E-state index in [0.29, 0.717) is 17.7 Å². The zero-order valence-corrected chi connectivity index (χ0v) is 11.1. The number of nitriles is 1. The van der Waals surface area contributed by atoms with E-state index in [1.165, 1.54) is 6.42 Å². The summed E-state index contributed by atoms with van der Waals surface area (Å²) in [7, 11) is 0. The van der Waals surface area contributed by atoms with Gasteiger partial charge >= 0.3 is 0 Å². The minimum atomic E-state index is 0.279. The Balaban J connectivity index is 1.91. The molecule has 2 bridgehead atoms. The van der Waals surface area contributed by atoms with Gasteiger partial charge in [-0.2, -0.15) is 5.26 Å². The lowest BCUT2D eigenvalue weighted by Gasteiger charge is -2.21. The van der Waals surface area contributed by atoms with Crippen molar-refractivity contribution >= 4 is 23.3 Å². The van der Waals surface area contributed by atoms with Crippen LogP contribution in [-0.4, -0.2) is 21.8 Å². The summed E-state index contributed by atoms with van der Waals surface area (Å²) in [5.41, 5.74) is 2.68. The van der Waals surface area contributed by atoms with Crippen LogP contribution in [0.3, 0.4) is 0 Å². The second-order valence-electron chi connectivity index (χ2n) is 5.32. The number of nitrogens with one attached hydrogen (secondary N) is 1. The predicted octanol–water partition coefficient (Wildman–Crippen LogP) is 3.06. The Labute approximate surface area is 115 Å². The summed E-state index contributed by atoms with van der Waals surface area (Å²) in [6.07, 6.45) is 3.98. The van der Waals surface area contributed by atoms with Gasteiger partial charge in [-0.1, -0.05) is 0 Å². The van der Waals surface area contributed by atoms with E-state index in [-0.39, 0.29) is 6.10 Å².